The number of amides is 1. The zero-order valence-corrected chi connectivity index (χ0v) is 10.5. The molecule has 1 aliphatic rings. The van der Waals surface area contributed by atoms with Crippen LogP contribution in [0.15, 0.2) is 22.7 Å². The number of carbonyl (C=O) groups excluding carboxylic acids is 1. The Morgan fingerprint density at radius 1 is 1.53 bits per heavy atom. The monoisotopic (exact) mass is 302 g/mol. The highest BCUT2D eigenvalue weighted by atomic mass is 79.9. The second-order valence-electron chi connectivity index (χ2n) is 3.93. The lowest BCUT2D eigenvalue weighted by atomic mass is 10.0. The summed E-state index contributed by atoms with van der Waals surface area (Å²) in [6.45, 7) is 0.693. The summed E-state index contributed by atoms with van der Waals surface area (Å²) >= 11 is 3.04. The van der Waals surface area contributed by atoms with Crippen molar-refractivity contribution in [3.05, 3.63) is 28.5 Å². The van der Waals surface area contributed by atoms with E-state index in [1.54, 1.807) is 6.07 Å². The van der Waals surface area contributed by atoms with Crippen molar-refractivity contribution < 1.29 is 13.9 Å². The number of carbonyl (C=O) groups is 1. The van der Waals surface area contributed by atoms with Crippen molar-refractivity contribution in [3.63, 3.8) is 0 Å². The maximum atomic E-state index is 13.2. The highest BCUT2D eigenvalue weighted by molar-refractivity contribution is 9.10. The quantitative estimate of drug-likeness (QED) is 0.870. The van der Waals surface area contributed by atoms with E-state index in [1.807, 2.05) is 0 Å². The SMILES string of the molecule is NC1COCC1C(=O)Nc1ccc(Br)c(F)c1. The molecular formula is C11H12BrFN2O2. The highest BCUT2D eigenvalue weighted by Crippen LogP contribution is 2.21. The normalized spacial score (nSPS) is 23.7. The van der Waals surface area contributed by atoms with Crippen molar-refractivity contribution in [3.8, 4) is 0 Å². The van der Waals surface area contributed by atoms with Crippen molar-refractivity contribution in [2.45, 2.75) is 6.04 Å². The molecule has 1 amide bonds. The second kappa shape index (κ2) is 5.12. The lowest BCUT2D eigenvalue weighted by molar-refractivity contribution is -0.120. The fourth-order valence-electron chi connectivity index (χ4n) is 1.65. The third kappa shape index (κ3) is 2.83. The van der Waals surface area contributed by atoms with E-state index >= 15 is 0 Å². The minimum atomic E-state index is -0.422. The van der Waals surface area contributed by atoms with Crippen molar-refractivity contribution in [1.82, 2.24) is 0 Å². The molecule has 0 spiro atoms. The molecule has 92 valence electrons. The van der Waals surface area contributed by atoms with Gasteiger partial charge in [0.05, 0.1) is 23.6 Å². The molecule has 2 unspecified atom stereocenters. The molecule has 1 heterocycles. The van der Waals surface area contributed by atoms with Crippen molar-refractivity contribution >= 4 is 27.5 Å². The van der Waals surface area contributed by atoms with Crippen LogP contribution < -0.4 is 11.1 Å². The number of ether oxygens (including phenoxy) is 1. The van der Waals surface area contributed by atoms with Gasteiger partial charge in [0.1, 0.15) is 5.82 Å². The van der Waals surface area contributed by atoms with Gasteiger partial charge < -0.3 is 15.8 Å². The number of nitrogens with one attached hydrogen (secondary N) is 1. The van der Waals surface area contributed by atoms with Crippen LogP contribution in [0.2, 0.25) is 0 Å². The molecular weight excluding hydrogens is 291 g/mol. The van der Waals surface area contributed by atoms with E-state index in [0.29, 0.717) is 23.4 Å². The van der Waals surface area contributed by atoms with Gasteiger partial charge in [-0.15, -0.1) is 0 Å². The predicted octanol–water partition coefficient (Wildman–Crippen LogP) is 1.50. The second-order valence-corrected chi connectivity index (χ2v) is 4.78. The largest absolute Gasteiger partial charge is 0.379 e. The number of nitrogens with two attached hydrogens (primary N) is 1. The molecule has 2 rings (SSSR count). The standard InChI is InChI=1S/C11H12BrFN2O2/c12-8-2-1-6(3-9(8)13)15-11(16)7-4-17-5-10(7)14/h1-3,7,10H,4-5,14H2,(H,15,16). The molecule has 4 nitrogen and oxygen atoms in total. The summed E-state index contributed by atoms with van der Waals surface area (Å²) in [6.07, 6.45) is 0. The van der Waals surface area contributed by atoms with Crippen LogP contribution in [-0.2, 0) is 9.53 Å². The zero-order chi connectivity index (χ0) is 12.4. The Labute approximate surface area is 106 Å². The summed E-state index contributed by atoms with van der Waals surface area (Å²) in [5.74, 6) is -1.03. The average Bonchev–Trinajstić information content (AvgIpc) is 2.70. The van der Waals surface area contributed by atoms with E-state index in [1.165, 1.54) is 12.1 Å². The van der Waals surface area contributed by atoms with Gasteiger partial charge in [-0.3, -0.25) is 4.79 Å². The smallest absolute Gasteiger partial charge is 0.231 e. The molecule has 1 aromatic rings. The molecule has 1 fully saturated rings. The Bertz CT molecular complexity index is 441. The predicted molar refractivity (Wildman–Crippen MR) is 65.0 cm³/mol. The Balaban J connectivity index is 2.05. The molecule has 3 N–H and O–H groups in total. The maximum absolute atomic E-state index is 13.2. The van der Waals surface area contributed by atoms with Gasteiger partial charge >= 0.3 is 0 Å². The van der Waals surface area contributed by atoms with Crippen LogP contribution in [0.5, 0.6) is 0 Å². The molecule has 0 bridgehead atoms. The third-order valence-electron chi connectivity index (χ3n) is 2.65. The summed E-state index contributed by atoms with van der Waals surface area (Å²) in [4.78, 5) is 11.8. The summed E-state index contributed by atoms with van der Waals surface area (Å²) in [6, 6.07) is 4.11. The number of benzene rings is 1. The lowest BCUT2D eigenvalue weighted by Crippen LogP contribution is -2.37. The van der Waals surface area contributed by atoms with Gasteiger partial charge in [0.25, 0.3) is 0 Å². The highest BCUT2D eigenvalue weighted by Gasteiger charge is 2.31. The molecule has 1 aliphatic heterocycles. The number of rotatable bonds is 2. The summed E-state index contributed by atoms with van der Waals surface area (Å²) < 4.78 is 18.7. The minimum Gasteiger partial charge on any atom is -0.379 e. The third-order valence-corrected chi connectivity index (χ3v) is 3.29. The molecule has 6 heteroatoms. The number of hydrogen-bond acceptors (Lipinski definition) is 3. The number of hydrogen-bond donors (Lipinski definition) is 2. The van der Waals surface area contributed by atoms with E-state index in [9.17, 15) is 9.18 Å². The van der Waals surface area contributed by atoms with Gasteiger partial charge in [0.2, 0.25) is 5.91 Å². The van der Waals surface area contributed by atoms with Crippen molar-refractivity contribution in [2.75, 3.05) is 18.5 Å². The molecule has 1 aromatic carbocycles. The van der Waals surface area contributed by atoms with E-state index < -0.39 is 5.82 Å². The molecule has 1 saturated heterocycles. The molecule has 2 atom stereocenters. The first-order chi connectivity index (χ1) is 8.08. The van der Waals surface area contributed by atoms with Gasteiger partial charge in [0, 0.05) is 11.7 Å². The van der Waals surface area contributed by atoms with Gasteiger partial charge in [-0.2, -0.15) is 0 Å². The van der Waals surface area contributed by atoms with E-state index in [4.69, 9.17) is 10.5 Å². The number of halogens is 2. The van der Waals surface area contributed by atoms with Crippen LogP contribution in [0.25, 0.3) is 0 Å². The van der Waals surface area contributed by atoms with E-state index in [2.05, 4.69) is 21.2 Å². The Hall–Kier alpha value is -0.980. The van der Waals surface area contributed by atoms with E-state index in [0.717, 1.165) is 0 Å². The van der Waals surface area contributed by atoms with Crippen LogP contribution in [0, 0.1) is 11.7 Å². The average molecular weight is 303 g/mol. The van der Waals surface area contributed by atoms with E-state index in [-0.39, 0.29) is 17.9 Å². The lowest BCUT2D eigenvalue weighted by Gasteiger charge is -2.13. The Morgan fingerprint density at radius 2 is 2.29 bits per heavy atom. The summed E-state index contributed by atoms with van der Waals surface area (Å²) in [5.41, 5.74) is 6.13. The van der Waals surface area contributed by atoms with Gasteiger partial charge in [-0.05, 0) is 34.1 Å². The molecule has 0 aliphatic carbocycles. The minimum absolute atomic E-state index is 0.239. The van der Waals surface area contributed by atoms with Crippen molar-refractivity contribution in [1.29, 1.82) is 0 Å². The van der Waals surface area contributed by atoms with Gasteiger partial charge in [-0.25, -0.2) is 4.39 Å². The molecule has 0 saturated carbocycles. The van der Waals surface area contributed by atoms with Crippen LogP contribution in [0.1, 0.15) is 0 Å². The first-order valence-electron chi connectivity index (χ1n) is 5.17. The zero-order valence-electron chi connectivity index (χ0n) is 8.95. The van der Waals surface area contributed by atoms with Crippen LogP contribution in [-0.4, -0.2) is 25.2 Å². The van der Waals surface area contributed by atoms with Gasteiger partial charge in [-0.1, -0.05) is 0 Å². The fourth-order valence-corrected chi connectivity index (χ4v) is 1.90. The topological polar surface area (TPSA) is 64.3 Å². The summed E-state index contributed by atoms with van der Waals surface area (Å²) in [5, 5.41) is 2.62. The van der Waals surface area contributed by atoms with Crippen LogP contribution in [0.4, 0.5) is 10.1 Å². The molecule has 0 aromatic heterocycles. The first-order valence-corrected chi connectivity index (χ1v) is 5.96. The van der Waals surface area contributed by atoms with Gasteiger partial charge in [0.15, 0.2) is 0 Å². The Morgan fingerprint density at radius 3 is 2.88 bits per heavy atom. The Kier molecular flexibility index (Phi) is 3.76. The van der Waals surface area contributed by atoms with Crippen LogP contribution >= 0.6 is 15.9 Å². The molecule has 17 heavy (non-hydrogen) atoms. The van der Waals surface area contributed by atoms with Crippen LogP contribution in [0.3, 0.4) is 0 Å². The number of anilines is 1. The fraction of sp³-hybridized carbons (Fsp3) is 0.364. The first kappa shape index (κ1) is 12.5. The maximum Gasteiger partial charge on any atom is 0.231 e. The summed E-state index contributed by atoms with van der Waals surface area (Å²) in [7, 11) is 0. The van der Waals surface area contributed by atoms with Crippen molar-refractivity contribution in [2.24, 2.45) is 11.7 Å². The molecule has 0 radical (unpaired) electrons.